The van der Waals surface area contributed by atoms with E-state index in [9.17, 15) is 4.79 Å². The normalized spacial score (nSPS) is 10.8. The van der Waals surface area contributed by atoms with Gasteiger partial charge in [-0.2, -0.15) is 5.10 Å². The Morgan fingerprint density at radius 1 is 1.41 bits per heavy atom. The van der Waals surface area contributed by atoms with Crippen LogP contribution in [0, 0.1) is 0 Å². The summed E-state index contributed by atoms with van der Waals surface area (Å²) < 4.78 is 7.88. The molecule has 2 aromatic rings. The molecule has 0 aliphatic heterocycles. The number of amides is 1. The van der Waals surface area contributed by atoms with Crippen LogP contribution in [-0.4, -0.2) is 29.3 Å². The average Bonchev–Trinajstić information content (AvgIpc) is 2.95. The van der Waals surface area contributed by atoms with Gasteiger partial charge in [0.1, 0.15) is 5.75 Å². The standard InChI is InChI=1S/C16H18BrN3O2/c1-22-15-6-3-13(4-7-15)5-8-16(21)18-9-2-10-20-12-14(17)11-19-20/h3-8,11-12H,2,9-10H2,1H3,(H,18,21)/b8-5+. The zero-order valence-corrected chi connectivity index (χ0v) is 13.9. The lowest BCUT2D eigenvalue weighted by Gasteiger charge is -2.03. The molecular formula is C16H18BrN3O2. The van der Waals surface area contributed by atoms with Gasteiger partial charge in [0, 0.05) is 25.4 Å². The lowest BCUT2D eigenvalue weighted by atomic mass is 10.2. The summed E-state index contributed by atoms with van der Waals surface area (Å²) in [5.74, 6) is 0.698. The summed E-state index contributed by atoms with van der Waals surface area (Å²) in [6.45, 7) is 1.39. The number of aromatic nitrogens is 2. The summed E-state index contributed by atoms with van der Waals surface area (Å²) in [4.78, 5) is 11.7. The molecule has 0 radical (unpaired) electrons. The fourth-order valence-corrected chi connectivity index (χ4v) is 2.19. The van der Waals surface area contributed by atoms with Crippen molar-refractivity contribution in [3.8, 4) is 5.75 Å². The number of halogens is 1. The van der Waals surface area contributed by atoms with E-state index in [2.05, 4.69) is 26.3 Å². The molecule has 0 unspecified atom stereocenters. The van der Waals surface area contributed by atoms with E-state index < -0.39 is 0 Å². The van der Waals surface area contributed by atoms with Crippen LogP contribution in [0.15, 0.2) is 47.2 Å². The van der Waals surface area contributed by atoms with Crippen LogP contribution in [0.2, 0.25) is 0 Å². The van der Waals surface area contributed by atoms with Crippen LogP contribution < -0.4 is 10.1 Å². The predicted octanol–water partition coefficient (Wildman–Crippen LogP) is 2.87. The molecule has 1 N–H and O–H groups in total. The van der Waals surface area contributed by atoms with Crippen molar-refractivity contribution < 1.29 is 9.53 Å². The molecule has 2 rings (SSSR count). The first-order chi connectivity index (χ1) is 10.7. The van der Waals surface area contributed by atoms with Crippen molar-refractivity contribution in [3.63, 3.8) is 0 Å². The quantitative estimate of drug-likeness (QED) is 0.607. The van der Waals surface area contributed by atoms with Crippen LogP contribution in [0.1, 0.15) is 12.0 Å². The van der Waals surface area contributed by atoms with Crippen molar-refractivity contribution >= 4 is 27.9 Å². The van der Waals surface area contributed by atoms with E-state index >= 15 is 0 Å². The van der Waals surface area contributed by atoms with E-state index in [1.807, 2.05) is 35.1 Å². The van der Waals surface area contributed by atoms with E-state index in [1.165, 1.54) is 6.08 Å². The Bertz CT molecular complexity index is 635. The topological polar surface area (TPSA) is 56.1 Å². The second-order valence-electron chi connectivity index (χ2n) is 4.67. The zero-order chi connectivity index (χ0) is 15.8. The predicted molar refractivity (Wildman–Crippen MR) is 89.6 cm³/mol. The maximum atomic E-state index is 11.7. The second kappa shape index (κ2) is 8.38. The van der Waals surface area contributed by atoms with Gasteiger partial charge in [-0.1, -0.05) is 12.1 Å². The SMILES string of the molecule is COc1ccc(/C=C/C(=O)NCCCn2cc(Br)cn2)cc1. The molecule has 0 spiro atoms. The minimum atomic E-state index is -0.0996. The van der Waals surface area contributed by atoms with Crippen molar-refractivity contribution in [1.82, 2.24) is 15.1 Å². The maximum Gasteiger partial charge on any atom is 0.244 e. The van der Waals surface area contributed by atoms with Crippen LogP contribution in [0.4, 0.5) is 0 Å². The Morgan fingerprint density at radius 3 is 2.82 bits per heavy atom. The number of aryl methyl sites for hydroxylation is 1. The number of carbonyl (C=O) groups excluding carboxylic acids is 1. The Hall–Kier alpha value is -2.08. The third-order valence-electron chi connectivity index (χ3n) is 3.01. The van der Waals surface area contributed by atoms with Gasteiger partial charge in [0.15, 0.2) is 0 Å². The molecule has 1 amide bonds. The number of carbonyl (C=O) groups is 1. The van der Waals surface area contributed by atoms with Crippen molar-refractivity contribution in [2.75, 3.05) is 13.7 Å². The number of nitrogens with one attached hydrogen (secondary N) is 1. The fourth-order valence-electron chi connectivity index (χ4n) is 1.86. The molecule has 0 aliphatic rings. The zero-order valence-electron chi connectivity index (χ0n) is 12.3. The molecule has 116 valence electrons. The van der Waals surface area contributed by atoms with Gasteiger partial charge in [-0.15, -0.1) is 0 Å². The number of hydrogen-bond donors (Lipinski definition) is 1. The summed E-state index contributed by atoms with van der Waals surface area (Å²) in [6.07, 6.45) is 7.80. The monoisotopic (exact) mass is 363 g/mol. The lowest BCUT2D eigenvalue weighted by molar-refractivity contribution is -0.116. The number of methoxy groups -OCH3 is 1. The summed E-state index contributed by atoms with van der Waals surface area (Å²) in [5, 5.41) is 7.00. The number of nitrogens with zero attached hydrogens (tertiary/aromatic N) is 2. The van der Waals surface area contributed by atoms with E-state index in [0.29, 0.717) is 6.54 Å². The van der Waals surface area contributed by atoms with Gasteiger partial charge < -0.3 is 10.1 Å². The van der Waals surface area contributed by atoms with Crippen molar-refractivity contribution in [3.05, 3.63) is 52.8 Å². The molecule has 0 fully saturated rings. The van der Waals surface area contributed by atoms with Crippen LogP contribution >= 0.6 is 15.9 Å². The number of hydrogen-bond acceptors (Lipinski definition) is 3. The van der Waals surface area contributed by atoms with E-state index in [-0.39, 0.29) is 5.91 Å². The number of benzene rings is 1. The first-order valence-electron chi connectivity index (χ1n) is 6.95. The van der Waals surface area contributed by atoms with E-state index in [1.54, 1.807) is 19.4 Å². The van der Waals surface area contributed by atoms with Crippen LogP contribution in [0.25, 0.3) is 6.08 Å². The minimum absolute atomic E-state index is 0.0996. The molecule has 0 saturated heterocycles. The number of ether oxygens (including phenoxy) is 1. The molecule has 1 aromatic heterocycles. The van der Waals surface area contributed by atoms with Gasteiger partial charge in [0.2, 0.25) is 5.91 Å². The van der Waals surface area contributed by atoms with E-state index in [0.717, 1.165) is 28.8 Å². The Morgan fingerprint density at radius 2 is 2.18 bits per heavy atom. The largest absolute Gasteiger partial charge is 0.497 e. The van der Waals surface area contributed by atoms with Crippen molar-refractivity contribution in [2.24, 2.45) is 0 Å². The van der Waals surface area contributed by atoms with Crippen molar-refractivity contribution in [2.45, 2.75) is 13.0 Å². The van der Waals surface area contributed by atoms with Gasteiger partial charge in [-0.3, -0.25) is 9.48 Å². The molecular weight excluding hydrogens is 346 g/mol. The fraction of sp³-hybridized carbons (Fsp3) is 0.250. The average molecular weight is 364 g/mol. The third kappa shape index (κ3) is 5.37. The maximum absolute atomic E-state index is 11.7. The number of rotatable bonds is 7. The highest BCUT2D eigenvalue weighted by atomic mass is 79.9. The van der Waals surface area contributed by atoms with Gasteiger partial charge >= 0.3 is 0 Å². The Labute approximate surface area is 138 Å². The molecule has 0 saturated carbocycles. The molecule has 5 nitrogen and oxygen atoms in total. The molecule has 22 heavy (non-hydrogen) atoms. The molecule has 0 bridgehead atoms. The van der Waals surface area contributed by atoms with Gasteiger partial charge in [0.05, 0.1) is 17.8 Å². The Kier molecular flexibility index (Phi) is 6.21. The lowest BCUT2D eigenvalue weighted by Crippen LogP contribution is -2.23. The second-order valence-corrected chi connectivity index (χ2v) is 5.59. The summed E-state index contributed by atoms with van der Waals surface area (Å²) in [6, 6.07) is 7.52. The molecule has 1 heterocycles. The molecule has 6 heteroatoms. The van der Waals surface area contributed by atoms with Crippen LogP contribution in [-0.2, 0) is 11.3 Å². The molecule has 0 atom stereocenters. The Balaban J connectivity index is 1.69. The molecule has 1 aromatic carbocycles. The van der Waals surface area contributed by atoms with Gasteiger partial charge in [0.25, 0.3) is 0 Å². The summed E-state index contributed by atoms with van der Waals surface area (Å²) >= 11 is 3.35. The highest BCUT2D eigenvalue weighted by Gasteiger charge is 1.98. The van der Waals surface area contributed by atoms with Gasteiger partial charge in [-0.25, -0.2) is 0 Å². The smallest absolute Gasteiger partial charge is 0.244 e. The third-order valence-corrected chi connectivity index (χ3v) is 3.42. The minimum Gasteiger partial charge on any atom is -0.497 e. The van der Waals surface area contributed by atoms with Gasteiger partial charge in [-0.05, 0) is 46.1 Å². The molecule has 0 aliphatic carbocycles. The highest BCUT2D eigenvalue weighted by molar-refractivity contribution is 9.10. The van der Waals surface area contributed by atoms with Crippen LogP contribution in [0.5, 0.6) is 5.75 Å². The highest BCUT2D eigenvalue weighted by Crippen LogP contribution is 2.12. The van der Waals surface area contributed by atoms with Crippen LogP contribution in [0.3, 0.4) is 0 Å². The van der Waals surface area contributed by atoms with Crippen molar-refractivity contribution in [1.29, 1.82) is 0 Å². The summed E-state index contributed by atoms with van der Waals surface area (Å²) in [5.41, 5.74) is 0.956. The first-order valence-corrected chi connectivity index (χ1v) is 7.74. The first kappa shape index (κ1) is 16.3. The van der Waals surface area contributed by atoms with E-state index in [4.69, 9.17) is 4.74 Å². The summed E-state index contributed by atoms with van der Waals surface area (Å²) in [7, 11) is 1.63.